The molecule has 2 N–H and O–H groups in total. The Morgan fingerprint density at radius 1 is 1.40 bits per heavy atom. The van der Waals surface area contributed by atoms with Crippen molar-refractivity contribution in [3.05, 3.63) is 57.8 Å². The van der Waals surface area contributed by atoms with Crippen molar-refractivity contribution in [2.75, 3.05) is 5.32 Å². The van der Waals surface area contributed by atoms with Gasteiger partial charge in [-0.25, -0.2) is 4.98 Å². The second-order valence-corrected chi connectivity index (χ2v) is 3.91. The highest BCUT2D eigenvalue weighted by Crippen LogP contribution is 2.26. The minimum Gasteiger partial charge on any atom is -0.508 e. The summed E-state index contributed by atoms with van der Waals surface area (Å²) in [5, 5.41) is 32.3. The van der Waals surface area contributed by atoms with Gasteiger partial charge in [0.25, 0.3) is 0 Å². The molecular weight excluding hydrogens is 260 g/mol. The van der Waals surface area contributed by atoms with Crippen molar-refractivity contribution in [2.45, 2.75) is 6.54 Å². The second-order valence-electron chi connectivity index (χ2n) is 3.91. The van der Waals surface area contributed by atoms with Crippen molar-refractivity contribution in [1.82, 2.24) is 4.98 Å². The van der Waals surface area contributed by atoms with Crippen molar-refractivity contribution < 1.29 is 10.0 Å². The summed E-state index contributed by atoms with van der Waals surface area (Å²) in [6.45, 7) is 0.162. The lowest BCUT2D eigenvalue weighted by molar-refractivity contribution is -0.384. The van der Waals surface area contributed by atoms with Crippen LogP contribution in [0, 0.1) is 21.4 Å². The first-order valence-electron chi connectivity index (χ1n) is 5.67. The third-order valence-corrected chi connectivity index (χ3v) is 2.67. The van der Waals surface area contributed by atoms with Crippen LogP contribution >= 0.6 is 0 Å². The number of nitrogens with zero attached hydrogens (tertiary/aromatic N) is 3. The van der Waals surface area contributed by atoms with Gasteiger partial charge in [-0.15, -0.1) is 0 Å². The second kappa shape index (κ2) is 5.67. The van der Waals surface area contributed by atoms with E-state index in [0.29, 0.717) is 5.56 Å². The maximum absolute atomic E-state index is 11.0. The van der Waals surface area contributed by atoms with Gasteiger partial charge in [0.15, 0.2) is 0 Å². The molecule has 7 heteroatoms. The fourth-order valence-electron chi connectivity index (χ4n) is 1.70. The number of rotatable bonds is 4. The van der Waals surface area contributed by atoms with Crippen LogP contribution in [0.5, 0.6) is 5.75 Å². The number of nitriles is 1. The fourth-order valence-corrected chi connectivity index (χ4v) is 1.70. The molecule has 0 saturated carbocycles. The summed E-state index contributed by atoms with van der Waals surface area (Å²) in [5.41, 5.74) is 0.140. The predicted molar refractivity (Wildman–Crippen MR) is 71.0 cm³/mol. The smallest absolute Gasteiger partial charge is 0.328 e. The van der Waals surface area contributed by atoms with Gasteiger partial charge in [-0.2, -0.15) is 5.26 Å². The topological polar surface area (TPSA) is 112 Å². The van der Waals surface area contributed by atoms with E-state index in [-0.39, 0.29) is 29.4 Å². The quantitative estimate of drug-likeness (QED) is 0.650. The summed E-state index contributed by atoms with van der Waals surface area (Å²) in [6, 6.07) is 9.65. The van der Waals surface area contributed by atoms with Crippen molar-refractivity contribution in [3.8, 4) is 11.8 Å². The zero-order valence-corrected chi connectivity index (χ0v) is 10.3. The van der Waals surface area contributed by atoms with Crippen LogP contribution in [-0.2, 0) is 6.54 Å². The van der Waals surface area contributed by atoms with E-state index in [2.05, 4.69) is 10.3 Å². The van der Waals surface area contributed by atoms with E-state index in [1.807, 2.05) is 0 Å². The molecule has 100 valence electrons. The highest BCUT2D eigenvalue weighted by molar-refractivity contribution is 5.64. The Morgan fingerprint density at radius 3 is 2.80 bits per heavy atom. The summed E-state index contributed by atoms with van der Waals surface area (Å²) in [4.78, 5) is 14.2. The summed E-state index contributed by atoms with van der Waals surface area (Å²) in [5.74, 6) is 0.0800. The number of aromatic nitrogens is 1. The van der Waals surface area contributed by atoms with Crippen molar-refractivity contribution in [2.24, 2.45) is 0 Å². The van der Waals surface area contributed by atoms with E-state index in [4.69, 9.17) is 5.26 Å². The monoisotopic (exact) mass is 270 g/mol. The van der Waals surface area contributed by atoms with Crippen LogP contribution in [0.15, 0.2) is 36.5 Å². The summed E-state index contributed by atoms with van der Waals surface area (Å²) >= 11 is 0. The standard InChI is InChI=1S/C13H10N4O3/c14-7-9-5-6-15-13(12(9)17(19)20)16-8-10-3-1-2-4-11(10)18/h1-6,18H,8H2,(H,15,16). The summed E-state index contributed by atoms with van der Waals surface area (Å²) in [7, 11) is 0. The molecule has 1 aromatic heterocycles. The van der Waals surface area contributed by atoms with E-state index in [1.54, 1.807) is 24.3 Å². The van der Waals surface area contributed by atoms with E-state index in [0.717, 1.165) is 0 Å². The summed E-state index contributed by atoms with van der Waals surface area (Å²) in [6.07, 6.45) is 1.32. The van der Waals surface area contributed by atoms with Crippen LogP contribution in [0.3, 0.4) is 0 Å². The minimum absolute atomic E-state index is 0.00250. The van der Waals surface area contributed by atoms with Gasteiger partial charge in [0.1, 0.15) is 17.4 Å². The van der Waals surface area contributed by atoms with Crippen LogP contribution < -0.4 is 5.32 Å². The molecule has 0 amide bonds. The Hall–Kier alpha value is -3.14. The van der Waals surface area contributed by atoms with E-state index < -0.39 is 4.92 Å². The molecule has 0 atom stereocenters. The average Bonchev–Trinajstić information content (AvgIpc) is 2.45. The maximum Gasteiger partial charge on any atom is 0.328 e. The molecule has 0 spiro atoms. The van der Waals surface area contributed by atoms with Crippen LogP contribution in [-0.4, -0.2) is 15.0 Å². The van der Waals surface area contributed by atoms with Crippen LogP contribution in [0.1, 0.15) is 11.1 Å². The first kappa shape index (κ1) is 13.3. The van der Waals surface area contributed by atoms with Gasteiger partial charge in [-0.3, -0.25) is 10.1 Å². The molecule has 0 aliphatic heterocycles. The lowest BCUT2D eigenvalue weighted by atomic mass is 10.2. The molecule has 0 aliphatic carbocycles. The minimum atomic E-state index is -0.654. The lowest BCUT2D eigenvalue weighted by Gasteiger charge is -2.08. The molecule has 1 aromatic carbocycles. The maximum atomic E-state index is 11.0. The molecule has 1 heterocycles. The van der Waals surface area contributed by atoms with Crippen molar-refractivity contribution in [1.29, 1.82) is 5.26 Å². The van der Waals surface area contributed by atoms with Crippen LogP contribution in [0.2, 0.25) is 0 Å². The van der Waals surface area contributed by atoms with Gasteiger partial charge in [0, 0.05) is 18.3 Å². The molecule has 0 saturated heterocycles. The number of pyridine rings is 1. The number of phenolic OH excluding ortho intramolecular Hbond substituents is 1. The molecule has 0 bridgehead atoms. The number of benzene rings is 1. The zero-order valence-electron chi connectivity index (χ0n) is 10.3. The Kier molecular flexibility index (Phi) is 3.77. The summed E-state index contributed by atoms with van der Waals surface area (Å²) < 4.78 is 0. The Balaban J connectivity index is 2.29. The van der Waals surface area contributed by atoms with E-state index in [9.17, 15) is 15.2 Å². The number of hydrogen-bond donors (Lipinski definition) is 2. The van der Waals surface area contributed by atoms with Crippen molar-refractivity contribution >= 4 is 11.5 Å². The lowest BCUT2D eigenvalue weighted by Crippen LogP contribution is -2.06. The van der Waals surface area contributed by atoms with Crippen LogP contribution in [0.25, 0.3) is 0 Å². The third kappa shape index (κ3) is 2.64. The molecular formula is C13H10N4O3. The number of anilines is 1. The first-order chi connectivity index (χ1) is 9.63. The Labute approximate surface area is 114 Å². The predicted octanol–water partition coefficient (Wildman–Crippen LogP) is 2.18. The fraction of sp³-hybridized carbons (Fsp3) is 0.0769. The van der Waals surface area contributed by atoms with Gasteiger partial charge in [0.2, 0.25) is 5.82 Å². The molecule has 0 radical (unpaired) electrons. The molecule has 2 aromatic rings. The number of para-hydroxylation sites is 1. The molecule has 2 rings (SSSR count). The number of nitrogens with one attached hydrogen (secondary N) is 1. The first-order valence-corrected chi connectivity index (χ1v) is 5.67. The number of nitro groups is 1. The van der Waals surface area contributed by atoms with Gasteiger partial charge in [-0.1, -0.05) is 18.2 Å². The molecule has 0 fully saturated rings. The van der Waals surface area contributed by atoms with Crippen LogP contribution in [0.4, 0.5) is 11.5 Å². The van der Waals surface area contributed by atoms with E-state index in [1.165, 1.54) is 18.3 Å². The zero-order chi connectivity index (χ0) is 14.5. The van der Waals surface area contributed by atoms with E-state index >= 15 is 0 Å². The molecule has 20 heavy (non-hydrogen) atoms. The average molecular weight is 270 g/mol. The molecule has 7 nitrogen and oxygen atoms in total. The normalized spacial score (nSPS) is 9.75. The highest BCUT2D eigenvalue weighted by Gasteiger charge is 2.20. The SMILES string of the molecule is N#Cc1ccnc(NCc2ccccc2O)c1[N+](=O)[O-]. The largest absolute Gasteiger partial charge is 0.508 e. The Bertz CT molecular complexity index is 694. The van der Waals surface area contributed by atoms with Gasteiger partial charge >= 0.3 is 5.69 Å². The highest BCUT2D eigenvalue weighted by atomic mass is 16.6. The number of hydrogen-bond acceptors (Lipinski definition) is 6. The Morgan fingerprint density at radius 2 is 2.15 bits per heavy atom. The molecule has 0 unspecified atom stereocenters. The van der Waals surface area contributed by atoms with Gasteiger partial charge in [-0.05, 0) is 12.1 Å². The molecule has 0 aliphatic rings. The number of phenols is 1. The number of aromatic hydroxyl groups is 1. The van der Waals surface area contributed by atoms with Crippen molar-refractivity contribution in [3.63, 3.8) is 0 Å². The third-order valence-electron chi connectivity index (χ3n) is 2.67. The van der Waals surface area contributed by atoms with Gasteiger partial charge < -0.3 is 10.4 Å². The van der Waals surface area contributed by atoms with Gasteiger partial charge in [0.05, 0.1) is 4.92 Å².